The Balaban J connectivity index is 0.000000616. The minimum absolute atomic E-state index is 0.576. The first kappa shape index (κ1) is 36.6. The van der Waals surface area contributed by atoms with Crippen molar-refractivity contribution in [1.82, 2.24) is 4.98 Å². The summed E-state index contributed by atoms with van der Waals surface area (Å²) in [5, 5.41) is 5.72. The molecule has 0 N–H and O–H groups in total. The maximum atomic E-state index is 9.75. The van der Waals surface area contributed by atoms with Crippen LogP contribution in [0.1, 0.15) is 11.4 Å². The van der Waals surface area contributed by atoms with E-state index in [4.69, 9.17) is 4.98 Å². The van der Waals surface area contributed by atoms with E-state index in [1.54, 1.807) is 0 Å². The van der Waals surface area contributed by atoms with Crippen LogP contribution in [0.5, 0.6) is 0 Å². The molecule has 10 heteroatoms. The third-order valence-corrected chi connectivity index (χ3v) is 13.0. The van der Waals surface area contributed by atoms with Crippen LogP contribution in [0.25, 0.3) is 43.4 Å². The molecule has 0 saturated carbocycles. The van der Waals surface area contributed by atoms with Crippen molar-refractivity contribution in [2.75, 3.05) is 0 Å². The maximum Gasteiger partial charge on any atom is 0.0486 e. The molecule has 0 atom stereocenters. The Labute approximate surface area is 301 Å². The molecule has 7 rings (SSSR count). The number of benzene rings is 4. The van der Waals surface area contributed by atoms with Crippen molar-refractivity contribution in [1.29, 1.82) is 0 Å². The van der Waals surface area contributed by atoms with Gasteiger partial charge >= 0.3 is 35.0 Å². The van der Waals surface area contributed by atoms with Gasteiger partial charge in [-0.2, -0.15) is 0 Å². The van der Waals surface area contributed by atoms with E-state index < -0.39 is 22.3 Å². The molecule has 3 heterocycles. The molecule has 0 bridgehead atoms. The molecular formula is C39H31BClF4NP2Pd. The van der Waals surface area contributed by atoms with Crippen LogP contribution >= 0.6 is 24.6 Å². The van der Waals surface area contributed by atoms with Gasteiger partial charge in [-0.25, -0.2) is 0 Å². The van der Waals surface area contributed by atoms with Crippen LogP contribution in [-0.4, -0.2) is 12.2 Å². The summed E-state index contributed by atoms with van der Waals surface area (Å²) in [6, 6.07) is 59.4. The van der Waals surface area contributed by atoms with Crippen molar-refractivity contribution in [3.8, 4) is 43.4 Å². The van der Waals surface area contributed by atoms with Crippen LogP contribution < -0.4 is 0 Å². The standard InChI is InChI=1S/C39H31NP2.BF4.ClH.Pd/c1-5-14-30(15-6-1)36-24-25-37(31-16-7-2-8-17-31)41(36)28-34-22-13-23-35(40-34)29-42-38(32-18-9-3-10-19-32)26-27-39(42)33-20-11-4-12-21-33;2-1(3,4)5;;/h1-27H,28-29H2;;1H;/q;-1;;+2/p-1. The predicted octanol–water partition coefficient (Wildman–Crippen LogP) is 13.8. The van der Waals surface area contributed by atoms with Gasteiger partial charge in [0, 0.05) is 44.9 Å². The Morgan fingerprint density at radius 2 is 0.653 bits per heavy atom. The van der Waals surface area contributed by atoms with Crippen molar-refractivity contribution >= 4 is 31.9 Å². The van der Waals surface area contributed by atoms with E-state index in [1.807, 2.05) is 0 Å². The second kappa shape index (κ2) is 17.8. The zero-order valence-corrected chi connectivity index (χ0v) is 30.2. The number of aromatic nitrogens is 1. The number of hydrogen-bond donors (Lipinski definition) is 0. The van der Waals surface area contributed by atoms with E-state index in [0.29, 0.717) is 0 Å². The van der Waals surface area contributed by atoms with E-state index in [2.05, 4.69) is 192 Å². The Kier molecular flexibility index (Phi) is 13.3. The largest absolute Gasteiger partial charge is 0.257 e. The van der Waals surface area contributed by atoms with Gasteiger partial charge in [-0.15, -0.1) is 15.1 Å². The van der Waals surface area contributed by atoms with Crippen LogP contribution in [-0.2, 0) is 30.5 Å². The van der Waals surface area contributed by atoms with Crippen LogP contribution in [0.15, 0.2) is 164 Å². The fraction of sp³-hybridized carbons (Fsp3) is 0.0513. The Morgan fingerprint density at radius 1 is 0.408 bits per heavy atom. The summed E-state index contributed by atoms with van der Waals surface area (Å²) in [4.78, 5) is 5.34. The first-order valence-electron chi connectivity index (χ1n) is 15.4. The summed E-state index contributed by atoms with van der Waals surface area (Å²) < 4.78 is 39.0. The second-order valence-corrected chi connectivity index (χ2v) is 15.2. The van der Waals surface area contributed by atoms with Gasteiger partial charge in [-0.3, -0.25) is 4.98 Å². The minimum Gasteiger partial charge on any atom is -0.257 e. The Hall–Kier alpha value is -3.67. The molecule has 3 aromatic heterocycles. The molecule has 4 aromatic carbocycles. The molecule has 0 saturated heterocycles. The van der Waals surface area contributed by atoms with Gasteiger partial charge in [0.1, 0.15) is 0 Å². The summed E-state index contributed by atoms with van der Waals surface area (Å²) in [5.41, 5.74) is 7.60. The van der Waals surface area contributed by atoms with Crippen molar-refractivity contribution in [2.24, 2.45) is 0 Å². The van der Waals surface area contributed by atoms with E-state index in [1.165, 1.54) is 54.8 Å². The fourth-order valence-electron chi connectivity index (χ4n) is 5.75. The molecule has 0 aliphatic heterocycles. The third-order valence-electron chi connectivity index (χ3n) is 7.74. The molecule has 7 aromatic rings. The average molecular weight is 804 g/mol. The van der Waals surface area contributed by atoms with E-state index >= 15 is 0 Å². The van der Waals surface area contributed by atoms with Crippen LogP contribution in [0.2, 0.25) is 0 Å². The molecule has 0 unspecified atom stereocenters. The Morgan fingerprint density at radius 3 is 0.898 bits per heavy atom. The SMILES string of the molecule is F[B-](F)(F)F.[Cl][Pd+].c1ccc(-c2ccc(-c3ccccc3)p2Cc2cccc(Cp3c(-c4ccccc4)ccc3-c3ccccc3)n2)cc1. The van der Waals surface area contributed by atoms with Crippen LogP contribution in [0.4, 0.5) is 17.3 Å². The molecule has 0 radical (unpaired) electrons. The monoisotopic (exact) mass is 803 g/mol. The first-order valence-corrected chi connectivity index (χ1v) is 20.4. The second-order valence-electron chi connectivity index (χ2n) is 11.0. The zero-order chi connectivity index (χ0) is 34.6. The van der Waals surface area contributed by atoms with Gasteiger partial charge in [-0.1, -0.05) is 127 Å². The summed E-state index contributed by atoms with van der Waals surface area (Å²) in [5.74, 6) is 0. The van der Waals surface area contributed by atoms with Gasteiger partial charge < -0.3 is 17.3 Å². The molecule has 0 aliphatic rings. The van der Waals surface area contributed by atoms with E-state index in [9.17, 15) is 17.3 Å². The molecule has 0 spiro atoms. The quantitative estimate of drug-likeness (QED) is 0.110. The molecule has 1 nitrogen and oxygen atoms in total. The summed E-state index contributed by atoms with van der Waals surface area (Å²) in [7, 11) is -2.66. The Bertz CT molecular complexity index is 1780. The summed E-state index contributed by atoms with van der Waals surface area (Å²) in [6.07, 6.45) is 1.87. The smallest absolute Gasteiger partial charge is 0.0486 e. The summed E-state index contributed by atoms with van der Waals surface area (Å²) in [6.45, 7) is 0. The van der Waals surface area contributed by atoms with Crippen LogP contribution in [0, 0.1) is 0 Å². The van der Waals surface area contributed by atoms with Gasteiger partial charge in [-0.05, 0) is 58.7 Å². The van der Waals surface area contributed by atoms with Gasteiger partial charge in [0.05, 0.1) is 0 Å². The van der Waals surface area contributed by atoms with E-state index in [-0.39, 0.29) is 0 Å². The molecule has 0 amide bonds. The third kappa shape index (κ3) is 10.2. The molecule has 250 valence electrons. The zero-order valence-electron chi connectivity index (χ0n) is 26.1. The van der Waals surface area contributed by atoms with Crippen molar-refractivity contribution in [3.63, 3.8) is 0 Å². The van der Waals surface area contributed by atoms with Gasteiger partial charge in [0.2, 0.25) is 0 Å². The normalized spacial score (nSPS) is 10.8. The first-order chi connectivity index (χ1) is 23.8. The summed E-state index contributed by atoms with van der Waals surface area (Å²) >= 11 is 2.22. The molecule has 0 aliphatic carbocycles. The number of pyridine rings is 1. The van der Waals surface area contributed by atoms with Crippen LogP contribution in [0.3, 0.4) is 0 Å². The van der Waals surface area contributed by atoms with Gasteiger partial charge in [0.25, 0.3) is 0 Å². The number of hydrogen-bond acceptors (Lipinski definition) is 1. The predicted molar refractivity (Wildman–Crippen MR) is 199 cm³/mol. The van der Waals surface area contributed by atoms with Crippen molar-refractivity contribution in [3.05, 3.63) is 175 Å². The maximum absolute atomic E-state index is 9.75. The average Bonchev–Trinajstić information content (AvgIpc) is 3.74. The van der Waals surface area contributed by atoms with Crippen molar-refractivity contribution in [2.45, 2.75) is 12.3 Å². The van der Waals surface area contributed by atoms with Gasteiger partial charge in [0.15, 0.2) is 0 Å². The van der Waals surface area contributed by atoms with E-state index in [0.717, 1.165) is 12.3 Å². The minimum atomic E-state index is -6.00. The fourth-order valence-corrected chi connectivity index (χ4v) is 10.8. The molecule has 0 fully saturated rings. The number of nitrogens with zero attached hydrogens (tertiary/aromatic N) is 1. The number of rotatable bonds is 8. The molecular weight excluding hydrogens is 773 g/mol. The topological polar surface area (TPSA) is 12.9 Å². The number of halogens is 5. The van der Waals surface area contributed by atoms with Crippen molar-refractivity contribution < 1.29 is 35.4 Å². The molecule has 49 heavy (non-hydrogen) atoms.